The van der Waals surface area contributed by atoms with Gasteiger partial charge in [0, 0.05) is 24.8 Å². The quantitative estimate of drug-likeness (QED) is 0.436. The summed E-state index contributed by atoms with van der Waals surface area (Å²) >= 11 is 0. The van der Waals surface area contributed by atoms with E-state index >= 15 is 0 Å². The molecule has 0 aliphatic heterocycles. The maximum Gasteiger partial charge on any atom is 1.00 e. The summed E-state index contributed by atoms with van der Waals surface area (Å²) in [5.74, 6) is -5.98. The van der Waals surface area contributed by atoms with Crippen molar-refractivity contribution in [2.24, 2.45) is 0 Å². The third kappa shape index (κ3) is 28.2. The number of rotatable bonds is 5. The van der Waals surface area contributed by atoms with E-state index in [1.165, 1.54) is 0 Å². The summed E-state index contributed by atoms with van der Waals surface area (Å²) in [7, 11) is 0. The number of hydrogen-bond donors (Lipinski definition) is 1. The molecular formula is C6H15K3O12. The second kappa shape index (κ2) is 27.9. The van der Waals surface area contributed by atoms with E-state index in [1.807, 2.05) is 0 Å². The van der Waals surface area contributed by atoms with Gasteiger partial charge in [-0.3, -0.25) is 0 Å². The molecule has 0 aromatic heterocycles. The first-order chi connectivity index (χ1) is 5.78. The van der Waals surface area contributed by atoms with Crippen molar-refractivity contribution in [1.82, 2.24) is 0 Å². The monoisotopic (exact) mass is 396 g/mol. The van der Waals surface area contributed by atoms with Crippen molar-refractivity contribution in [3.05, 3.63) is 0 Å². The van der Waals surface area contributed by atoms with Gasteiger partial charge in [-0.15, -0.1) is 0 Å². The minimum atomic E-state index is -2.97. The summed E-state index contributed by atoms with van der Waals surface area (Å²) in [6, 6.07) is 0. The summed E-state index contributed by atoms with van der Waals surface area (Å²) in [5.41, 5.74) is -2.97. The summed E-state index contributed by atoms with van der Waals surface area (Å²) in [6.45, 7) is 0. The molecule has 21 heavy (non-hydrogen) atoms. The summed E-state index contributed by atoms with van der Waals surface area (Å²) in [5, 5.41) is 38.9. The second-order valence-corrected chi connectivity index (χ2v) is 2.42. The number of carbonyl (C=O) groups is 3. The molecule has 0 unspecified atom stereocenters. The van der Waals surface area contributed by atoms with Gasteiger partial charge in [-0.25, -0.2) is 0 Å². The molecule has 0 aromatic carbocycles. The van der Waals surface area contributed by atoms with Crippen LogP contribution >= 0.6 is 0 Å². The molecule has 0 saturated carbocycles. The summed E-state index contributed by atoms with van der Waals surface area (Å²) < 4.78 is 0. The van der Waals surface area contributed by atoms with Crippen molar-refractivity contribution in [3.8, 4) is 0 Å². The van der Waals surface area contributed by atoms with Crippen molar-refractivity contribution < 1.29 is 216 Å². The van der Waals surface area contributed by atoms with Crippen LogP contribution in [0.4, 0.5) is 0 Å². The zero-order valence-corrected chi connectivity index (χ0v) is 21.2. The van der Waals surface area contributed by atoms with Crippen LogP contribution in [-0.4, -0.2) is 56.0 Å². The minimum absolute atomic E-state index is 0. The maximum absolute atomic E-state index is 10.1. The molecule has 0 saturated heterocycles. The molecule has 0 heterocycles. The fourth-order valence-corrected chi connectivity index (χ4v) is 0.684. The van der Waals surface area contributed by atoms with Gasteiger partial charge in [0.1, 0.15) is 5.60 Å². The first-order valence-corrected chi connectivity index (χ1v) is 3.11. The van der Waals surface area contributed by atoms with E-state index in [4.69, 9.17) is 5.11 Å². The SMILES string of the molecule is O.O.O.O.O.O=C([O-])CC(O)(CC(=O)[O-])C(=O)[O-].[K+].[K+].[K+]. The van der Waals surface area contributed by atoms with Gasteiger partial charge in [0.25, 0.3) is 0 Å². The Labute approximate surface area is 246 Å². The van der Waals surface area contributed by atoms with E-state index in [0.717, 1.165) is 0 Å². The van der Waals surface area contributed by atoms with Gasteiger partial charge >= 0.3 is 154 Å². The van der Waals surface area contributed by atoms with Crippen LogP contribution in [0.1, 0.15) is 12.8 Å². The Morgan fingerprint density at radius 1 is 0.714 bits per heavy atom. The predicted molar refractivity (Wildman–Crippen MR) is 47.3 cm³/mol. The first-order valence-electron chi connectivity index (χ1n) is 3.11. The van der Waals surface area contributed by atoms with E-state index in [0.29, 0.717) is 0 Å². The molecule has 114 valence electrons. The van der Waals surface area contributed by atoms with E-state index in [-0.39, 0.29) is 182 Å². The number of carboxylic acid groups (broad SMARTS) is 3. The molecule has 0 amide bonds. The van der Waals surface area contributed by atoms with Crippen LogP contribution in [0.5, 0.6) is 0 Å². The Kier molecular flexibility index (Phi) is 75.0. The topological polar surface area (TPSA) is 298 Å². The molecular weight excluding hydrogens is 381 g/mol. The molecule has 11 N–H and O–H groups in total. The van der Waals surface area contributed by atoms with Gasteiger partial charge in [0.05, 0.1) is 5.97 Å². The van der Waals surface area contributed by atoms with Gasteiger partial charge in [-0.05, 0) is 0 Å². The van der Waals surface area contributed by atoms with Crippen molar-refractivity contribution in [2.75, 3.05) is 0 Å². The van der Waals surface area contributed by atoms with Crippen LogP contribution < -0.4 is 169 Å². The zero-order valence-electron chi connectivity index (χ0n) is 11.8. The molecule has 0 atom stereocenters. The van der Waals surface area contributed by atoms with Gasteiger partial charge in [0.15, 0.2) is 0 Å². The van der Waals surface area contributed by atoms with Gasteiger partial charge < -0.3 is 62.2 Å². The Morgan fingerprint density at radius 2 is 0.905 bits per heavy atom. The van der Waals surface area contributed by atoms with Crippen LogP contribution in [0.15, 0.2) is 0 Å². The number of aliphatic hydroxyl groups is 1. The van der Waals surface area contributed by atoms with Crippen LogP contribution in [0.2, 0.25) is 0 Å². The third-order valence-corrected chi connectivity index (χ3v) is 1.25. The fourth-order valence-electron chi connectivity index (χ4n) is 0.684. The molecule has 0 aliphatic carbocycles. The summed E-state index contributed by atoms with van der Waals surface area (Å²) in [4.78, 5) is 30.0. The third-order valence-electron chi connectivity index (χ3n) is 1.25. The van der Waals surface area contributed by atoms with Gasteiger partial charge in [-0.2, -0.15) is 0 Å². The normalized spacial score (nSPS) is 6.71. The molecule has 0 aliphatic rings. The van der Waals surface area contributed by atoms with E-state index in [9.17, 15) is 29.7 Å². The molecule has 12 nitrogen and oxygen atoms in total. The van der Waals surface area contributed by atoms with Crippen molar-refractivity contribution in [1.29, 1.82) is 0 Å². The first kappa shape index (κ1) is 56.4. The number of carbonyl (C=O) groups excluding carboxylic acids is 3. The van der Waals surface area contributed by atoms with Gasteiger partial charge in [0.2, 0.25) is 0 Å². The molecule has 0 radical (unpaired) electrons. The van der Waals surface area contributed by atoms with Crippen molar-refractivity contribution in [2.45, 2.75) is 18.4 Å². The number of carboxylic acids is 3. The van der Waals surface area contributed by atoms with E-state index < -0.39 is 36.4 Å². The van der Waals surface area contributed by atoms with Crippen LogP contribution in [0.25, 0.3) is 0 Å². The molecule has 15 heteroatoms. The zero-order chi connectivity index (χ0) is 10.6. The van der Waals surface area contributed by atoms with E-state index in [2.05, 4.69) is 0 Å². The van der Waals surface area contributed by atoms with Crippen LogP contribution in [0.3, 0.4) is 0 Å². The average molecular weight is 396 g/mol. The number of aliphatic carboxylic acids is 3. The Balaban J connectivity index is -0.0000000257. The van der Waals surface area contributed by atoms with Crippen LogP contribution in [-0.2, 0) is 14.4 Å². The molecule has 0 spiro atoms. The molecule has 0 aromatic rings. The predicted octanol–water partition coefficient (Wildman–Crippen LogP) is -18.4. The fraction of sp³-hybridized carbons (Fsp3) is 0.500. The van der Waals surface area contributed by atoms with Crippen molar-refractivity contribution >= 4 is 17.9 Å². The number of hydrogen-bond acceptors (Lipinski definition) is 7. The smallest absolute Gasteiger partial charge is 0.550 e. The van der Waals surface area contributed by atoms with Crippen LogP contribution in [0, 0.1) is 0 Å². The average Bonchev–Trinajstić information content (AvgIpc) is 1.82. The summed E-state index contributed by atoms with van der Waals surface area (Å²) in [6.07, 6.45) is -2.72. The van der Waals surface area contributed by atoms with Crippen molar-refractivity contribution in [3.63, 3.8) is 0 Å². The largest absolute Gasteiger partial charge is 1.00 e. The Bertz CT molecular complexity index is 243. The van der Waals surface area contributed by atoms with E-state index in [1.54, 1.807) is 0 Å². The Morgan fingerprint density at radius 3 is 1.00 bits per heavy atom. The van der Waals surface area contributed by atoms with Gasteiger partial charge in [-0.1, -0.05) is 0 Å². The maximum atomic E-state index is 10.1. The molecule has 0 fully saturated rings. The molecule has 0 bridgehead atoms. The Hall–Kier alpha value is 3.08. The minimum Gasteiger partial charge on any atom is -0.550 e. The second-order valence-electron chi connectivity index (χ2n) is 2.42. The standard InChI is InChI=1S/C6H8O7.3K.5H2O/c7-3(8)1-6(13,5(11)12)2-4(9)10;;;;;;;;/h13H,1-2H2,(H,7,8)(H,9,10)(H,11,12);;;;5*1H2/q;3*+1;;;;;/p-3. The molecule has 0 rings (SSSR count).